The maximum atomic E-state index is 11.6. The number of hydrogen-bond donors (Lipinski definition) is 0. The maximum absolute atomic E-state index is 11.6. The molecule has 0 saturated heterocycles. The first-order chi connectivity index (χ1) is 6.38. The van der Waals surface area contributed by atoms with Crippen molar-refractivity contribution >= 4 is 17.5 Å². The molecular weight excluding hydrogens is 196 g/mol. The van der Waals surface area contributed by atoms with E-state index < -0.39 is 0 Å². The van der Waals surface area contributed by atoms with Crippen molar-refractivity contribution in [2.45, 2.75) is 25.5 Å². The Morgan fingerprint density at radius 1 is 1.57 bits per heavy atom. The van der Waals surface area contributed by atoms with E-state index in [4.69, 9.17) is 0 Å². The highest BCUT2D eigenvalue weighted by atomic mass is 32.2. The van der Waals surface area contributed by atoms with E-state index >= 15 is 0 Å². The number of hydrogen-bond acceptors (Lipinski definition) is 3. The van der Waals surface area contributed by atoms with E-state index in [9.17, 15) is 4.79 Å². The van der Waals surface area contributed by atoms with Gasteiger partial charge >= 0.3 is 0 Å². The molecule has 0 aliphatic carbocycles. The Kier molecular flexibility index (Phi) is 3.37. The summed E-state index contributed by atoms with van der Waals surface area (Å²) in [5.41, 5.74) is 0.559. The van der Waals surface area contributed by atoms with Crippen molar-refractivity contribution in [2.75, 3.05) is 5.75 Å². The molecule has 3 nitrogen and oxygen atoms in total. The van der Waals surface area contributed by atoms with Crippen LogP contribution in [0.5, 0.6) is 0 Å². The molecule has 1 rings (SSSR count). The van der Waals surface area contributed by atoms with E-state index in [0.29, 0.717) is 11.4 Å². The van der Waals surface area contributed by atoms with Gasteiger partial charge in [-0.3, -0.25) is 9.48 Å². The molecule has 0 atom stereocenters. The molecule has 14 heavy (non-hydrogen) atoms. The molecule has 0 spiro atoms. The van der Waals surface area contributed by atoms with Gasteiger partial charge in [-0.25, -0.2) is 0 Å². The smallest absolute Gasteiger partial charge is 0.192 e. The number of ketones is 1. The molecule has 0 aromatic carbocycles. The number of thioether (sulfide) groups is 1. The summed E-state index contributed by atoms with van der Waals surface area (Å²) in [5, 5.41) is 4.07. The molecule has 0 aliphatic rings. The van der Waals surface area contributed by atoms with Gasteiger partial charge in [0.15, 0.2) is 5.78 Å². The highest BCUT2D eigenvalue weighted by Gasteiger charge is 2.15. The van der Waals surface area contributed by atoms with Gasteiger partial charge in [0, 0.05) is 18.0 Å². The second-order valence-electron chi connectivity index (χ2n) is 4.20. The SMILES string of the molecule is Cn1ccc(C(=O)CSC(C)(C)C)n1. The summed E-state index contributed by atoms with van der Waals surface area (Å²) in [5.74, 6) is 0.603. The molecule has 4 heteroatoms. The van der Waals surface area contributed by atoms with E-state index in [-0.39, 0.29) is 10.5 Å². The monoisotopic (exact) mass is 212 g/mol. The topological polar surface area (TPSA) is 34.9 Å². The standard InChI is InChI=1S/C10H16N2OS/c1-10(2,3)14-7-9(13)8-5-6-12(4)11-8/h5-6H,7H2,1-4H3. The van der Waals surface area contributed by atoms with Crippen LogP contribution in [0, 0.1) is 0 Å². The molecule has 1 aromatic rings. The summed E-state index contributed by atoms with van der Waals surface area (Å²) < 4.78 is 1.78. The summed E-state index contributed by atoms with van der Waals surface area (Å²) in [6.45, 7) is 6.30. The molecule has 0 bridgehead atoms. The van der Waals surface area contributed by atoms with Crippen molar-refractivity contribution in [3.05, 3.63) is 18.0 Å². The zero-order chi connectivity index (χ0) is 10.8. The molecule has 0 amide bonds. The number of nitrogens with zero attached hydrogens (tertiary/aromatic N) is 2. The summed E-state index contributed by atoms with van der Waals surface area (Å²) in [6, 6.07) is 1.76. The van der Waals surface area contributed by atoms with Crippen molar-refractivity contribution < 1.29 is 4.79 Å². The molecule has 1 heterocycles. The van der Waals surface area contributed by atoms with Crippen LogP contribution in [0.4, 0.5) is 0 Å². The van der Waals surface area contributed by atoms with Crippen LogP contribution in [0.1, 0.15) is 31.3 Å². The molecule has 0 fully saturated rings. The van der Waals surface area contributed by atoms with Crippen LogP contribution < -0.4 is 0 Å². The Morgan fingerprint density at radius 2 is 2.21 bits per heavy atom. The predicted molar refractivity (Wildman–Crippen MR) is 59.7 cm³/mol. The van der Waals surface area contributed by atoms with Gasteiger partial charge in [0.2, 0.25) is 0 Å². The average molecular weight is 212 g/mol. The number of rotatable bonds is 3. The van der Waals surface area contributed by atoms with E-state index in [0.717, 1.165) is 0 Å². The quantitative estimate of drug-likeness (QED) is 0.720. The molecule has 0 radical (unpaired) electrons. The van der Waals surface area contributed by atoms with Gasteiger partial charge in [-0.1, -0.05) is 20.8 Å². The van der Waals surface area contributed by atoms with Crippen LogP contribution in [-0.4, -0.2) is 26.1 Å². The van der Waals surface area contributed by atoms with Crippen LogP contribution in [0.15, 0.2) is 12.3 Å². The number of Topliss-reactive ketones (excluding diaryl/α,β-unsaturated/α-hetero) is 1. The minimum Gasteiger partial charge on any atom is -0.291 e. The largest absolute Gasteiger partial charge is 0.291 e. The van der Waals surface area contributed by atoms with E-state index in [1.807, 2.05) is 7.05 Å². The normalized spacial score (nSPS) is 11.7. The fraction of sp³-hybridized carbons (Fsp3) is 0.600. The third kappa shape index (κ3) is 3.54. The van der Waals surface area contributed by atoms with Crippen LogP contribution >= 0.6 is 11.8 Å². The van der Waals surface area contributed by atoms with Crippen LogP contribution in [0.25, 0.3) is 0 Å². The van der Waals surface area contributed by atoms with Crippen molar-refractivity contribution in [1.29, 1.82) is 0 Å². The lowest BCUT2D eigenvalue weighted by Gasteiger charge is -2.16. The van der Waals surface area contributed by atoms with Crippen molar-refractivity contribution in [1.82, 2.24) is 9.78 Å². The lowest BCUT2D eigenvalue weighted by molar-refractivity contribution is 0.101. The van der Waals surface area contributed by atoms with Gasteiger partial charge in [0.1, 0.15) is 5.69 Å². The number of carbonyl (C=O) groups excluding carboxylic acids is 1. The van der Waals surface area contributed by atoms with Gasteiger partial charge in [-0.05, 0) is 6.07 Å². The summed E-state index contributed by atoms with van der Waals surface area (Å²) in [7, 11) is 1.81. The molecular formula is C10H16N2OS. The van der Waals surface area contributed by atoms with Gasteiger partial charge in [0.25, 0.3) is 0 Å². The fourth-order valence-corrected chi connectivity index (χ4v) is 1.63. The molecule has 1 aromatic heterocycles. The fourth-order valence-electron chi connectivity index (χ4n) is 0.920. The van der Waals surface area contributed by atoms with Crippen molar-refractivity contribution in [2.24, 2.45) is 7.05 Å². The van der Waals surface area contributed by atoms with Crippen LogP contribution in [-0.2, 0) is 7.05 Å². The summed E-state index contributed by atoms with van der Waals surface area (Å²) >= 11 is 1.65. The Balaban J connectivity index is 2.52. The van der Waals surface area contributed by atoms with Crippen LogP contribution in [0.2, 0.25) is 0 Å². The highest BCUT2D eigenvalue weighted by molar-refractivity contribution is 8.01. The second-order valence-corrected chi connectivity index (χ2v) is 6.00. The van der Waals surface area contributed by atoms with Gasteiger partial charge in [0.05, 0.1) is 5.75 Å². The first-order valence-electron chi connectivity index (χ1n) is 4.55. The predicted octanol–water partition coefficient (Wildman–Crippen LogP) is 2.13. The summed E-state index contributed by atoms with van der Waals surface area (Å²) in [6.07, 6.45) is 1.79. The Morgan fingerprint density at radius 3 is 2.64 bits per heavy atom. The molecule has 0 aliphatic heterocycles. The zero-order valence-corrected chi connectivity index (χ0v) is 9.89. The number of aryl methyl sites for hydroxylation is 1. The number of aromatic nitrogens is 2. The van der Waals surface area contributed by atoms with Gasteiger partial charge in [-0.15, -0.1) is 11.8 Å². The second kappa shape index (κ2) is 4.17. The van der Waals surface area contributed by atoms with E-state index in [1.165, 1.54) is 0 Å². The molecule has 0 unspecified atom stereocenters. The zero-order valence-electron chi connectivity index (χ0n) is 9.07. The third-order valence-electron chi connectivity index (χ3n) is 1.64. The van der Waals surface area contributed by atoms with E-state index in [1.54, 1.807) is 28.7 Å². The van der Waals surface area contributed by atoms with E-state index in [2.05, 4.69) is 25.9 Å². The van der Waals surface area contributed by atoms with Gasteiger partial charge < -0.3 is 0 Å². The first kappa shape index (κ1) is 11.3. The van der Waals surface area contributed by atoms with Crippen LogP contribution in [0.3, 0.4) is 0 Å². The third-order valence-corrected chi connectivity index (χ3v) is 2.91. The maximum Gasteiger partial charge on any atom is 0.192 e. The lowest BCUT2D eigenvalue weighted by Crippen LogP contribution is -2.13. The summed E-state index contributed by atoms with van der Waals surface area (Å²) in [4.78, 5) is 11.6. The average Bonchev–Trinajstić information content (AvgIpc) is 2.46. The molecule has 0 saturated carbocycles. The van der Waals surface area contributed by atoms with Crippen molar-refractivity contribution in [3.63, 3.8) is 0 Å². The van der Waals surface area contributed by atoms with Crippen molar-refractivity contribution in [3.8, 4) is 0 Å². The molecule has 78 valence electrons. The lowest BCUT2D eigenvalue weighted by atomic mass is 10.3. The number of carbonyl (C=O) groups is 1. The minimum absolute atomic E-state index is 0.102. The van der Waals surface area contributed by atoms with Gasteiger partial charge in [-0.2, -0.15) is 5.10 Å². The minimum atomic E-state index is 0.102. The Labute approximate surface area is 88.9 Å². The highest BCUT2D eigenvalue weighted by Crippen LogP contribution is 2.23. The first-order valence-corrected chi connectivity index (χ1v) is 5.54. The Bertz CT molecular complexity index is 325. The molecule has 0 N–H and O–H groups in total. The Hall–Kier alpha value is -0.770.